The van der Waals surface area contributed by atoms with Crippen molar-refractivity contribution in [3.05, 3.63) is 42.6 Å². The van der Waals surface area contributed by atoms with Gasteiger partial charge in [0.2, 0.25) is 6.41 Å². The zero-order chi connectivity index (χ0) is 9.10. The third kappa shape index (κ3) is 1.49. The Morgan fingerprint density at radius 1 is 1.15 bits per heavy atom. The number of carbonyl (C=O) groups excluding carboxylic acids is 1. The van der Waals surface area contributed by atoms with E-state index in [9.17, 15) is 4.79 Å². The van der Waals surface area contributed by atoms with E-state index in [0.717, 1.165) is 11.3 Å². The van der Waals surface area contributed by atoms with E-state index in [1.54, 1.807) is 6.20 Å². The zero-order valence-electron chi connectivity index (χ0n) is 6.92. The quantitative estimate of drug-likeness (QED) is 0.645. The highest BCUT2D eigenvalue weighted by molar-refractivity contribution is 5.60. The van der Waals surface area contributed by atoms with E-state index in [1.165, 1.54) is 4.68 Å². The van der Waals surface area contributed by atoms with Crippen molar-refractivity contribution in [2.24, 2.45) is 0 Å². The molecule has 0 fully saturated rings. The highest BCUT2D eigenvalue weighted by Crippen LogP contribution is 2.14. The first-order valence-electron chi connectivity index (χ1n) is 3.96. The summed E-state index contributed by atoms with van der Waals surface area (Å²) in [5.41, 5.74) is 1.83. The normalized spacial score (nSPS) is 9.85. The molecule has 0 saturated carbocycles. The van der Waals surface area contributed by atoms with Gasteiger partial charge in [-0.05, 0) is 6.07 Å². The first-order chi connectivity index (χ1) is 6.40. The van der Waals surface area contributed by atoms with E-state index >= 15 is 0 Å². The predicted molar refractivity (Wildman–Crippen MR) is 49.8 cm³/mol. The standard InChI is InChI=1S/C10H8N2O/c13-8-12-7-6-10(11-12)9-4-2-1-3-5-9/h1-8H. The van der Waals surface area contributed by atoms with Crippen LogP contribution in [0.15, 0.2) is 42.6 Å². The predicted octanol–water partition coefficient (Wildman–Crippen LogP) is 1.59. The summed E-state index contributed by atoms with van der Waals surface area (Å²) in [6.45, 7) is 0. The van der Waals surface area contributed by atoms with Crippen LogP contribution in [-0.2, 0) is 4.79 Å². The Labute approximate surface area is 75.6 Å². The summed E-state index contributed by atoms with van der Waals surface area (Å²) in [7, 11) is 0. The third-order valence-electron chi connectivity index (χ3n) is 1.79. The molecule has 1 aromatic carbocycles. The maximum atomic E-state index is 10.4. The van der Waals surface area contributed by atoms with Crippen molar-refractivity contribution in [1.82, 2.24) is 9.78 Å². The molecule has 13 heavy (non-hydrogen) atoms. The fraction of sp³-hybridized carbons (Fsp3) is 0. The number of hydrogen-bond donors (Lipinski definition) is 0. The monoisotopic (exact) mass is 172 g/mol. The van der Waals surface area contributed by atoms with Crippen molar-refractivity contribution in [3.63, 3.8) is 0 Å². The lowest BCUT2D eigenvalue weighted by Gasteiger charge is -1.93. The van der Waals surface area contributed by atoms with E-state index in [4.69, 9.17) is 0 Å². The van der Waals surface area contributed by atoms with Crippen molar-refractivity contribution >= 4 is 6.41 Å². The maximum Gasteiger partial charge on any atom is 0.234 e. The van der Waals surface area contributed by atoms with Gasteiger partial charge in [0.1, 0.15) is 0 Å². The van der Waals surface area contributed by atoms with Gasteiger partial charge in [0.05, 0.1) is 5.69 Å². The second kappa shape index (κ2) is 3.23. The number of nitrogens with zero attached hydrogens (tertiary/aromatic N) is 2. The molecule has 0 atom stereocenters. The molecule has 64 valence electrons. The van der Waals surface area contributed by atoms with Gasteiger partial charge in [-0.3, -0.25) is 4.79 Å². The Balaban J connectivity index is 2.41. The van der Waals surface area contributed by atoms with Gasteiger partial charge in [-0.2, -0.15) is 5.10 Å². The van der Waals surface area contributed by atoms with E-state index in [1.807, 2.05) is 36.4 Å². The molecule has 1 aromatic heterocycles. The molecule has 0 aliphatic carbocycles. The Morgan fingerprint density at radius 2 is 1.92 bits per heavy atom. The lowest BCUT2D eigenvalue weighted by Crippen LogP contribution is -1.94. The number of rotatable bonds is 2. The summed E-state index contributed by atoms with van der Waals surface area (Å²) in [4.78, 5) is 10.4. The molecule has 0 unspecified atom stereocenters. The van der Waals surface area contributed by atoms with Crippen molar-refractivity contribution in [2.45, 2.75) is 0 Å². The number of benzene rings is 1. The van der Waals surface area contributed by atoms with Gasteiger partial charge in [0.15, 0.2) is 0 Å². The molecule has 1 heterocycles. The number of hydrogen-bond acceptors (Lipinski definition) is 2. The number of aromatic nitrogens is 2. The molecular weight excluding hydrogens is 164 g/mol. The number of carbonyl (C=O) groups is 1. The molecule has 0 saturated heterocycles. The fourth-order valence-corrected chi connectivity index (χ4v) is 1.16. The van der Waals surface area contributed by atoms with Gasteiger partial charge in [-0.15, -0.1) is 0 Å². The second-order valence-electron chi connectivity index (χ2n) is 2.65. The SMILES string of the molecule is O=Cn1ccc(-c2ccccc2)n1. The summed E-state index contributed by atoms with van der Waals surface area (Å²) in [6.07, 6.45) is 2.31. The molecule has 3 nitrogen and oxygen atoms in total. The molecule has 0 radical (unpaired) electrons. The summed E-state index contributed by atoms with van der Waals surface area (Å²) < 4.78 is 1.25. The van der Waals surface area contributed by atoms with E-state index in [2.05, 4.69) is 5.10 Å². The minimum atomic E-state index is 0.673. The first-order valence-corrected chi connectivity index (χ1v) is 3.96. The topological polar surface area (TPSA) is 34.9 Å². The van der Waals surface area contributed by atoms with Crippen molar-refractivity contribution in [1.29, 1.82) is 0 Å². The Bertz CT molecular complexity index is 406. The van der Waals surface area contributed by atoms with E-state index < -0.39 is 0 Å². The largest absolute Gasteiger partial charge is 0.276 e. The summed E-state index contributed by atoms with van der Waals surface area (Å²) in [6, 6.07) is 11.5. The molecule has 0 spiro atoms. The highest BCUT2D eigenvalue weighted by atomic mass is 16.1. The van der Waals surface area contributed by atoms with Crippen molar-refractivity contribution < 1.29 is 4.79 Å². The van der Waals surface area contributed by atoms with E-state index in [-0.39, 0.29) is 0 Å². The molecule has 2 aromatic rings. The third-order valence-corrected chi connectivity index (χ3v) is 1.79. The van der Waals surface area contributed by atoms with E-state index in [0.29, 0.717) is 6.41 Å². The fourth-order valence-electron chi connectivity index (χ4n) is 1.16. The van der Waals surface area contributed by atoms with Crippen LogP contribution in [0.25, 0.3) is 11.3 Å². The molecule has 2 rings (SSSR count). The van der Waals surface area contributed by atoms with Gasteiger partial charge in [0, 0.05) is 11.8 Å². The van der Waals surface area contributed by atoms with Crippen LogP contribution in [0.5, 0.6) is 0 Å². The Morgan fingerprint density at radius 3 is 2.54 bits per heavy atom. The first kappa shape index (κ1) is 7.73. The average Bonchev–Trinajstić information content (AvgIpc) is 2.67. The minimum absolute atomic E-state index is 0.673. The molecule has 0 N–H and O–H groups in total. The van der Waals surface area contributed by atoms with Crippen LogP contribution in [0.1, 0.15) is 0 Å². The summed E-state index contributed by atoms with van der Waals surface area (Å²) >= 11 is 0. The Kier molecular flexibility index (Phi) is 1.92. The maximum absolute atomic E-state index is 10.4. The summed E-state index contributed by atoms with van der Waals surface area (Å²) in [5, 5.41) is 4.05. The summed E-state index contributed by atoms with van der Waals surface area (Å²) in [5.74, 6) is 0. The Hall–Kier alpha value is -1.90. The lowest BCUT2D eigenvalue weighted by molar-refractivity contribution is 0.541. The van der Waals surface area contributed by atoms with Crippen LogP contribution in [0.3, 0.4) is 0 Å². The van der Waals surface area contributed by atoms with Crippen LogP contribution >= 0.6 is 0 Å². The molecule has 0 aliphatic rings. The minimum Gasteiger partial charge on any atom is -0.276 e. The molecule has 0 aliphatic heterocycles. The van der Waals surface area contributed by atoms with Crippen LogP contribution in [0.2, 0.25) is 0 Å². The molecular formula is C10H8N2O. The molecule has 0 amide bonds. The van der Waals surface area contributed by atoms with Crippen LogP contribution in [0.4, 0.5) is 0 Å². The lowest BCUT2D eigenvalue weighted by atomic mass is 10.2. The molecule has 0 bridgehead atoms. The van der Waals surface area contributed by atoms with Crippen molar-refractivity contribution in [3.8, 4) is 11.3 Å². The van der Waals surface area contributed by atoms with Crippen LogP contribution in [0, 0.1) is 0 Å². The van der Waals surface area contributed by atoms with Gasteiger partial charge in [0.25, 0.3) is 0 Å². The van der Waals surface area contributed by atoms with Gasteiger partial charge >= 0.3 is 0 Å². The smallest absolute Gasteiger partial charge is 0.234 e. The average molecular weight is 172 g/mol. The molecule has 3 heteroatoms. The van der Waals surface area contributed by atoms with Gasteiger partial charge in [-0.1, -0.05) is 30.3 Å². The highest BCUT2D eigenvalue weighted by Gasteiger charge is 1.99. The van der Waals surface area contributed by atoms with Gasteiger partial charge in [-0.25, -0.2) is 4.68 Å². The zero-order valence-corrected chi connectivity index (χ0v) is 6.92. The van der Waals surface area contributed by atoms with Crippen LogP contribution < -0.4 is 0 Å². The van der Waals surface area contributed by atoms with Crippen LogP contribution in [-0.4, -0.2) is 16.2 Å². The second-order valence-corrected chi connectivity index (χ2v) is 2.65. The van der Waals surface area contributed by atoms with Gasteiger partial charge < -0.3 is 0 Å². The van der Waals surface area contributed by atoms with Crippen molar-refractivity contribution in [2.75, 3.05) is 0 Å².